The van der Waals surface area contributed by atoms with E-state index in [9.17, 15) is 4.79 Å². The molecular formula is C18H25N5O3. The Labute approximate surface area is 153 Å². The van der Waals surface area contributed by atoms with Crippen LogP contribution in [0.25, 0.3) is 11.4 Å². The second kappa shape index (κ2) is 7.82. The van der Waals surface area contributed by atoms with Gasteiger partial charge in [0.05, 0.1) is 6.54 Å². The number of ether oxygens (including phenoxy) is 1. The number of rotatable bonds is 3. The highest BCUT2D eigenvalue weighted by Gasteiger charge is 2.25. The van der Waals surface area contributed by atoms with Crippen molar-refractivity contribution < 1.29 is 14.1 Å². The van der Waals surface area contributed by atoms with Gasteiger partial charge in [0.2, 0.25) is 11.7 Å². The van der Waals surface area contributed by atoms with Gasteiger partial charge in [-0.05, 0) is 39.3 Å². The molecule has 8 nitrogen and oxygen atoms in total. The van der Waals surface area contributed by atoms with Crippen molar-refractivity contribution in [1.82, 2.24) is 24.9 Å². The molecule has 0 unspecified atom stereocenters. The van der Waals surface area contributed by atoms with Crippen LogP contribution in [0.15, 0.2) is 29.0 Å². The molecule has 26 heavy (non-hydrogen) atoms. The van der Waals surface area contributed by atoms with E-state index in [0.29, 0.717) is 31.3 Å². The predicted molar refractivity (Wildman–Crippen MR) is 95.2 cm³/mol. The van der Waals surface area contributed by atoms with E-state index < -0.39 is 5.60 Å². The summed E-state index contributed by atoms with van der Waals surface area (Å²) in [6, 6.07) is 3.73. The molecule has 140 valence electrons. The van der Waals surface area contributed by atoms with Crippen molar-refractivity contribution in [2.24, 2.45) is 0 Å². The summed E-state index contributed by atoms with van der Waals surface area (Å²) in [6.07, 6.45) is 4.04. The summed E-state index contributed by atoms with van der Waals surface area (Å²) in [5.41, 5.74) is 0.352. The number of pyridine rings is 1. The number of amides is 1. The Bertz CT molecular complexity index is 726. The lowest BCUT2D eigenvalue weighted by Gasteiger charge is -2.26. The number of nitrogens with zero attached hydrogens (tertiary/aromatic N) is 5. The van der Waals surface area contributed by atoms with Gasteiger partial charge in [-0.3, -0.25) is 9.88 Å². The molecule has 1 aliphatic heterocycles. The monoisotopic (exact) mass is 359 g/mol. The molecule has 0 bridgehead atoms. The van der Waals surface area contributed by atoms with Crippen LogP contribution in [0.2, 0.25) is 0 Å². The van der Waals surface area contributed by atoms with Gasteiger partial charge in [-0.25, -0.2) is 4.79 Å². The Morgan fingerprint density at radius 3 is 2.85 bits per heavy atom. The first kappa shape index (κ1) is 18.3. The number of hydrogen-bond donors (Lipinski definition) is 0. The van der Waals surface area contributed by atoms with E-state index in [-0.39, 0.29) is 6.09 Å². The standard InChI is InChI=1S/C18H25N5O3/c1-18(2,3)25-17(24)23-9-5-8-22(10-11-23)13-15-20-16(21-26-15)14-6-4-7-19-12-14/h4,6-7,12H,5,8-11,13H2,1-3H3. The summed E-state index contributed by atoms with van der Waals surface area (Å²) in [6.45, 7) is 9.12. The molecule has 2 aromatic rings. The Kier molecular flexibility index (Phi) is 5.51. The van der Waals surface area contributed by atoms with Gasteiger partial charge in [0, 0.05) is 44.1 Å². The maximum Gasteiger partial charge on any atom is 0.410 e. The van der Waals surface area contributed by atoms with Crippen LogP contribution in [0, 0.1) is 0 Å². The van der Waals surface area contributed by atoms with Crippen LogP contribution in [0.5, 0.6) is 0 Å². The fourth-order valence-corrected chi connectivity index (χ4v) is 2.76. The maximum absolute atomic E-state index is 12.2. The Hall–Kier alpha value is -2.48. The lowest BCUT2D eigenvalue weighted by Crippen LogP contribution is -2.39. The van der Waals surface area contributed by atoms with Crippen LogP contribution in [-0.2, 0) is 11.3 Å². The summed E-state index contributed by atoms with van der Waals surface area (Å²) in [5, 5.41) is 4.02. The fraction of sp³-hybridized carbons (Fsp3) is 0.556. The zero-order chi connectivity index (χ0) is 18.6. The zero-order valence-corrected chi connectivity index (χ0v) is 15.5. The predicted octanol–water partition coefficient (Wildman–Crippen LogP) is 2.57. The third-order valence-corrected chi connectivity index (χ3v) is 3.99. The van der Waals surface area contributed by atoms with Crippen LogP contribution in [0.1, 0.15) is 33.1 Å². The molecule has 0 saturated carbocycles. The minimum absolute atomic E-state index is 0.254. The van der Waals surface area contributed by atoms with Gasteiger partial charge in [0.1, 0.15) is 5.60 Å². The smallest absolute Gasteiger partial charge is 0.410 e. The molecule has 1 fully saturated rings. The topological polar surface area (TPSA) is 84.6 Å². The highest BCUT2D eigenvalue weighted by Crippen LogP contribution is 2.16. The van der Waals surface area contributed by atoms with E-state index >= 15 is 0 Å². The minimum atomic E-state index is -0.477. The van der Waals surface area contributed by atoms with Crippen LogP contribution >= 0.6 is 0 Å². The van der Waals surface area contributed by atoms with Crippen molar-refractivity contribution in [1.29, 1.82) is 0 Å². The van der Waals surface area contributed by atoms with Crippen molar-refractivity contribution in [3.8, 4) is 11.4 Å². The molecule has 0 aliphatic carbocycles. The third-order valence-electron chi connectivity index (χ3n) is 3.99. The van der Waals surface area contributed by atoms with Gasteiger partial charge in [-0.2, -0.15) is 4.98 Å². The molecule has 3 rings (SSSR count). The molecule has 0 spiro atoms. The highest BCUT2D eigenvalue weighted by molar-refractivity contribution is 5.68. The molecule has 0 aromatic carbocycles. The Morgan fingerprint density at radius 2 is 2.12 bits per heavy atom. The van der Waals surface area contributed by atoms with Gasteiger partial charge < -0.3 is 14.2 Å². The molecule has 1 saturated heterocycles. The highest BCUT2D eigenvalue weighted by atomic mass is 16.6. The number of carbonyl (C=O) groups is 1. The lowest BCUT2D eigenvalue weighted by molar-refractivity contribution is 0.0257. The second-order valence-electron chi connectivity index (χ2n) is 7.35. The maximum atomic E-state index is 12.2. The van der Waals surface area contributed by atoms with Gasteiger partial charge in [0.15, 0.2) is 0 Å². The van der Waals surface area contributed by atoms with E-state index in [2.05, 4.69) is 20.0 Å². The van der Waals surface area contributed by atoms with Crippen molar-refractivity contribution >= 4 is 6.09 Å². The quantitative estimate of drug-likeness (QED) is 0.832. The van der Waals surface area contributed by atoms with Crippen LogP contribution in [0.3, 0.4) is 0 Å². The van der Waals surface area contributed by atoms with Crippen molar-refractivity contribution in [2.75, 3.05) is 26.2 Å². The Morgan fingerprint density at radius 1 is 1.27 bits per heavy atom. The summed E-state index contributed by atoms with van der Waals surface area (Å²) < 4.78 is 10.8. The molecular weight excluding hydrogens is 334 g/mol. The molecule has 0 N–H and O–H groups in total. The molecule has 1 amide bonds. The average molecular weight is 359 g/mol. The van der Waals surface area contributed by atoms with E-state index in [0.717, 1.165) is 25.1 Å². The number of aromatic nitrogens is 3. The van der Waals surface area contributed by atoms with Gasteiger partial charge in [0.25, 0.3) is 0 Å². The molecule has 1 aliphatic rings. The SMILES string of the molecule is CC(C)(C)OC(=O)N1CCCN(Cc2nc(-c3cccnc3)no2)CC1. The summed E-state index contributed by atoms with van der Waals surface area (Å²) in [7, 11) is 0. The first-order valence-corrected chi connectivity index (χ1v) is 8.84. The van der Waals surface area contributed by atoms with Crippen molar-refractivity contribution in [2.45, 2.75) is 39.3 Å². The first-order valence-electron chi connectivity index (χ1n) is 8.84. The van der Waals surface area contributed by atoms with Gasteiger partial charge >= 0.3 is 6.09 Å². The summed E-state index contributed by atoms with van der Waals surface area (Å²) in [5.74, 6) is 1.10. The van der Waals surface area contributed by atoms with E-state index in [1.165, 1.54) is 0 Å². The zero-order valence-electron chi connectivity index (χ0n) is 15.5. The first-order chi connectivity index (χ1) is 12.4. The van der Waals surface area contributed by atoms with E-state index in [1.54, 1.807) is 17.3 Å². The van der Waals surface area contributed by atoms with E-state index in [1.807, 2.05) is 32.9 Å². The molecule has 2 aromatic heterocycles. The van der Waals surface area contributed by atoms with E-state index in [4.69, 9.17) is 9.26 Å². The second-order valence-corrected chi connectivity index (χ2v) is 7.35. The molecule has 8 heteroatoms. The minimum Gasteiger partial charge on any atom is -0.444 e. The summed E-state index contributed by atoms with van der Waals surface area (Å²) in [4.78, 5) is 24.7. The van der Waals surface area contributed by atoms with Crippen LogP contribution in [0.4, 0.5) is 4.79 Å². The number of carbonyl (C=O) groups excluding carboxylic acids is 1. The summed E-state index contributed by atoms with van der Waals surface area (Å²) >= 11 is 0. The average Bonchev–Trinajstić information content (AvgIpc) is 2.92. The van der Waals surface area contributed by atoms with Crippen LogP contribution < -0.4 is 0 Å². The largest absolute Gasteiger partial charge is 0.444 e. The molecule has 0 atom stereocenters. The third kappa shape index (κ3) is 5.01. The van der Waals surface area contributed by atoms with Gasteiger partial charge in [-0.15, -0.1) is 0 Å². The van der Waals surface area contributed by atoms with Crippen LogP contribution in [-0.4, -0.2) is 62.8 Å². The van der Waals surface area contributed by atoms with Crippen molar-refractivity contribution in [3.63, 3.8) is 0 Å². The number of hydrogen-bond acceptors (Lipinski definition) is 7. The van der Waals surface area contributed by atoms with Crippen molar-refractivity contribution in [3.05, 3.63) is 30.4 Å². The fourth-order valence-electron chi connectivity index (χ4n) is 2.76. The lowest BCUT2D eigenvalue weighted by atomic mass is 10.2. The van der Waals surface area contributed by atoms with Gasteiger partial charge in [-0.1, -0.05) is 5.16 Å². The normalized spacial score (nSPS) is 16.3. The Balaban J connectivity index is 1.55. The molecule has 0 radical (unpaired) electrons. The molecule has 3 heterocycles.